The van der Waals surface area contributed by atoms with Gasteiger partial charge in [0.25, 0.3) is 0 Å². The Bertz CT molecular complexity index is 355. The number of nitrogens with zero attached hydrogens (tertiary/aromatic N) is 2. The van der Waals surface area contributed by atoms with Gasteiger partial charge in [0, 0.05) is 20.0 Å². The smallest absolute Gasteiger partial charge is 0.226 e. The van der Waals surface area contributed by atoms with Gasteiger partial charge in [0.2, 0.25) is 5.89 Å². The van der Waals surface area contributed by atoms with Crippen LogP contribution >= 0.6 is 0 Å². The van der Waals surface area contributed by atoms with Crippen LogP contribution in [0.4, 0.5) is 0 Å². The highest BCUT2D eigenvalue weighted by Crippen LogP contribution is 2.15. The molecule has 1 heterocycles. The molecule has 1 aromatic heterocycles. The van der Waals surface area contributed by atoms with Crippen molar-refractivity contribution >= 4 is 0 Å². The highest BCUT2D eigenvalue weighted by atomic mass is 16.5. The zero-order valence-corrected chi connectivity index (χ0v) is 12.8. The number of hydrogen-bond acceptors (Lipinski definition) is 6. The summed E-state index contributed by atoms with van der Waals surface area (Å²) in [5, 5.41) is 3.96. The molecule has 0 saturated heterocycles. The van der Waals surface area contributed by atoms with Crippen LogP contribution in [0.3, 0.4) is 0 Å². The van der Waals surface area contributed by atoms with E-state index in [1.807, 2.05) is 0 Å². The first-order valence-electron chi connectivity index (χ1n) is 7.23. The highest BCUT2D eigenvalue weighted by molar-refractivity contribution is 4.88. The first-order chi connectivity index (χ1) is 9.65. The van der Waals surface area contributed by atoms with Crippen molar-refractivity contribution in [3.8, 4) is 0 Å². The summed E-state index contributed by atoms with van der Waals surface area (Å²) in [6.07, 6.45) is 2.49. The van der Waals surface area contributed by atoms with Crippen molar-refractivity contribution in [2.24, 2.45) is 17.6 Å². The van der Waals surface area contributed by atoms with Crippen molar-refractivity contribution in [3.63, 3.8) is 0 Å². The van der Waals surface area contributed by atoms with Gasteiger partial charge in [0.15, 0.2) is 5.82 Å². The van der Waals surface area contributed by atoms with Crippen LogP contribution in [0.2, 0.25) is 0 Å². The third-order valence-corrected chi connectivity index (χ3v) is 3.01. The first-order valence-corrected chi connectivity index (χ1v) is 7.23. The standard InChI is InChI=1S/C14H27N3O3/c1-11(2)8-12(10-15)9-14-16-13(17-20-14)4-5-19-7-6-18-3/h11-12H,4-10,15H2,1-3H3. The van der Waals surface area contributed by atoms with Gasteiger partial charge in [-0.1, -0.05) is 19.0 Å². The molecule has 0 aliphatic carbocycles. The lowest BCUT2D eigenvalue weighted by Gasteiger charge is -2.14. The number of aromatic nitrogens is 2. The van der Waals surface area contributed by atoms with E-state index < -0.39 is 0 Å². The Kier molecular flexibility index (Phi) is 8.41. The van der Waals surface area contributed by atoms with Crippen LogP contribution in [-0.2, 0) is 22.3 Å². The molecule has 1 rings (SSSR count). The van der Waals surface area contributed by atoms with E-state index in [1.54, 1.807) is 7.11 Å². The minimum atomic E-state index is 0.404. The van der Waals surface area contributed by atoms with Crippen molar-refractivity contribution < 1.29 is 14.0 Å². The summed E-state index contributed by atoms with van der Waals surface area (Å²) in [7, 11) is 1.65. The molecule has 6 heteroatoms. The van der Waals surface area contributed by atoms with E-state index >= 15 is 0 Å². The lowest BCUT2D eigenvalue weighted by Crippen LogP contribution is -2.19. The third kappa shape index (κ3) is 6.98. The lowest BCUT2D eigenvalue weighted by molar-refractivity contribution is 0.0714. The van der Waals surface area contributed by atoms with Crippen molar-refractivity contribution in [1.29, 1.82) is 0 Å². The van der Waals surface area contributed by atoms with Crippen molar-refractivity contribution in [1.82, 2.24) is 10.1 Å². The number of hydrogen-bond donors (Lipinski definition) is 1. The molecule has 0 spiro atoms. The fourth-order valence-corrected chi connectivity index (χ4v) is 2.06. The Hall–Kier alpha value is -0.980. The number of nitrogens with two attached hydrogens (primary N) is 1. The Morgan fingerprint density at radius 1 is 1.25 bits per heavy atom. The molecule has 0 saturated carbocycles. The number of rotatable bonds is 11. The number of ether oxygens (including phenoxy) is 2. The van der Waals surface area contributed by atoms with E-state index in [0.29, 0.717) is 56.3 Å². The molecule has 0 radical (unpaired) electrons. The predicted octanol–water partition coefficient (Wildman–Crippen LogP) is 1.44. The molecule has 2 N–H and O–H groups in total. The minimum absolute atomic E-state index is 0.404. The second kappa shape index (κ2) is 9.85. The normalized spacial score (nSPS) is 13.1. The molecular weight excluding hydrogens is 258 g/mol. The van der Waals surface area contributed by atoms with Gasteiger partial charge in [-0.2, -0.15) is 4.98 Å². The molecule has 1 aromatic rings. The quantitative estimate of drug-likeness (QED) is 0.619. The zero-order chi connectivity index (χ0) is 14.8. The Balaban J connectivity index is 2.31. The number of methoxy groups -OCH3 is 1. The summed E-state index contributed by atoms with van der Waals surface area (Å²) in [6.45, 7) is 6.80. The van der Waals surface area contributed by atoms with Crippen molar-refractivity contribution in [2.45, 2.75) is 33.1 Å². The van der Waals surface area contributed by atoms with E-state index in [-0.39, 0.29) is 0 Å². The molecule has 0 bridgehead atoms. The molecular formula is C14H27N3O3. The third-order valence-electron chi connectivity index (χ3n) is 3.01. The zero-order valence-electron chi connectivity index (χ0n) is 12.8. The van der Waals surface area contributed by atoms with E-state index in [1.165, 1.54) is 0 Å². The molecule has 116 valence electrons. The highest BCUT2D eigenvalue weighted by Gasteiger charge is 2.14. The predicted molar refractivity (Wildman–Crippen MR) is 76.4 cm³/mol. The molecule has 0 aromatic carbocycles. The van der Waals surface area contributed by atoms with Crippen LogP contribution in [0.1, 0.15) is 32.0 Å². The van der Waals surface area contributed by atoms with Gasteiger partial charge in [-0.25, -0.2) is 0 Å². The lowest BCUT2D eigenvalue weighted by atomic mass is 9.94. The van der Waals surface area contributed by atoms with Crippen LogP contribution in [0.5, 0.6) is 0 Å². The molecule has 0 aliphatic heterocycles. The SMILES string of the molecule is COCCOCCc1noc(CC(CN)CC(C)C)n1. The second-order valence-electron chi connectivity index (χ2n) is 5.39. The molecule has 1 unspecified atom stereocenters. The summed E-state index contributed by atoms with van der Waals surface area (Å²) in [5.74, 6) is 2.40. The Labute approximate surface area is 121 Å². The van der Waals surface area contributed by atoms with Crippen LogP contribution in [0.15, 0.2) is 4.52 Å². The van der Waals surface area contributed by atoms with Gasteiger partial charge in [-0.3, -0.25) is 0 Å². The fraction of sp³-hybridized carbons (Fsp3) is 0.857. The molecule has 0 aliphatic rings. The van der Waals surface area contributed by atoms with E-state index in [4.69, 9.17) is 19.7 Å². The van der Waals surface area contributed by atoms with Crippen molar-refractivity contribution in [2.75, 3.05) is 33.5 Å². The fourth-order valence-electron chi connectivity index (χ4n) is 2.06. The Morgan fingerprint density at radius 3 is 2.70 bits per heavy atom. The van der Waals surface area contributed by atoms with Crippen LogP contribution < -0.4 is 5.73 Å². The van der Waals surface area contributed by atoms with Gasteiger partial charge >= 0.3 is 0 Å². The maximum Gasteiger partial charge on any atom is 0.226 e. The van der Waals surface area contributed by atoms with Crippen LogP contribution in [-0.4, -0.2) is 43.6 Å². The maximum absolute atomic E-state index is 5.78. The average Bonchev–Trinajstić information content (AvgIpc) is 2.85. The minimum Gasteiger partial charge on any atom is -0.382 e. The van der Waals surface area contributed by atoms with Crippen molar-refractivity contribution in [3.05, 3.63) is 11.7 Å². The van der Waals surface area contributed by atoms with Crippen LogP contribution in [0, 0.1) is 11.8 Å². The van der Waals surface area contributed by atoms with Gasteiger partial charge in [-0.05, 0) is 24.8 Å². The average molecular weight is 285 g/mol. The summed E-state index contributed by atoms with van der Waals surface area (Å²) in [6, 6.07) is 0. The summed E-state index contributed by atoms with van der Waals surface area (Å²) >= 11 is 0. The maximum atomic E-state index is 5.78. The summed E-state index contributed by atoms with van der Waals surface area (Å²) < 4.78 is 15.5. The molecule has 0 amide bonds. The molecule has 20 heavy (non-hydrogen) atoms. The molecule has 1 atom stereocenters. The first kappa shape index (κ1) is 17.1. The molecule has 0 fully saturated rings. The van der Waals surface area contributed by atoms with E-state index in [9.17, 15) is 0 Å². The second-order valence-corrected chi connectivity index (χ2v) is 5.39. The monoisotopic (exact) mass is 285 g/mol. The van der Waals surface area contributed by atoms with Gasteiger partial charge in [0.05, 0.1) is 19.8 Å². The topological polar surface area (TPSA) is 83.4 Å². The Morgan fingerprint density at radius 2 is 2.05 bits per heavy atom. The largest absolute Gasteiger partial charge is 0.382 e. The molecule has 6 nitrogen and oxygen atoms in total. The van der Waals surface area contributed by atoms with E-state index in [2.05, 4.69) is 24.0 Å². The van der Waals surface area contributed by atoms with Gasteiger partial charge < -0.3 is 19.7 Å². The van der Waals surface area contributed by atoms with E-state index in [0.717, 1.165) is 12.8 Å². The summed E-state index contributed by atoms with van der Waals surface area (Å²) in [4.78, 5) is 4.38. The summed E-state index contributed by atoms with van der Waals surface area (Å²) in [5.41, 5.74) is 5.78. The van der Waals surface area contributed by atoms with Crippen LogP contribution in [0.25, 0.3) is 0 Å². The van der Waals surface area contributed by atoms with Gasteiger partial charge in [-0.15, -0.1) is 0 Å². The van der Waals surface area contributed by atoms with Gasteiger partial charge in [0.1, 0.15) is 0 Å².